The maximum Gasteiger partial charge on any atom is 0.308 e. The predicted octanol–water partition coefficient (Wildman–Crippen LogP) is 5.67. The molecule has 0 amide bonds. The third-order valence-electron chi connectivity index (χ3n) is 6.53. The molecule has 0 fully saturated rings. The van der Waals surface area contributed by atoms with Crippen LogP contribution in [0.25, 0.3) is 0 Å². The number of methoxy groups -OCH3 is 3. The van der Waals surface area contributed by atoms with Crippen LogP contribution in [0.5, 0.6) is 23.0 Å². The van der Waals surface area contributed by atoms with Crippen molar-refractivity contribution in [2.75, 3.05) is 34.9 Å². The van der Waals surface area contributed by atoms with Gasteiger partial charge in [-0.15, -0.1) is 0 Å². The standard InChI is InChI=1S/C28H38N2O5/c1-8-14-28(19-29,23-11-13-24(32-5)26(18-23)34-7)15-9-16-30(4)20(2)22-10-12-25(33-6)27(17-22)35-21(3)31/h10-13,17-18,20H,8-9,14-16H2,1-7H3. The van der Waals surface area contributed by atoms with Gasteiger partial charge in [-0.05, 0) is 75.2 Å². The molecule has 2 aromatic carbocycles. The Kier molecular flexibility index (Phi) is 10.4. The molecule has 0 bridgehead atoms. The second kappa shape index (κ2) is 13.0. The van der Waals surface area contributed by atoms with Gasteiger partial charge in [0.05, 0.1) is 32.8 Å². The van der Waals surface area contributed by atoms with Gasteiger partial charge in [0, 0.05) is 13.0 Å². The molecule has 0 spiro atoms. The number of ether oxygens (including phenoxy) is 4. The lowest BCUT2D eigenvalue weighted by Crippen LogP contribution is -2.28. The molecule has 0 saturated heterocycles. The van der Waals surface area contributed by atoms with Crippen LogP contribution in [0.4, 0.5) is 0 Å². The number of hydrogen-bond donors (Lipinski definition) is 0. The highest BCUT2D eigenvalue weighted by Crippen LogP contribution is 2.39. The Balaban J connectivity index is 2.16. The molecule has 0 heterocycles. The minimum Gasteiger partial charge on any atom is -0.493 e. The van der Waals surface area contributed by atoms with Crippen molar-refractivity contribution in [1.29, 1.82) is 5.26 Å². The molecule has 7 heteroatoms. The number of rotatable bonds is 13. The van der Waals surface area contributed by atoms with Crippen LogP contribution in [0, 0.1) is 11.3 Å². The van der Waals surface area contributed by atoms with Crippen molar-refractivity contribution in [3.63, 3.8) is 0 Å². The zero-order valence-electron chi connectivity index (χ0n) is 22.0. The Bertz CT molecular complexity index is 1030. The largest absolute Gasteiger partial charge is 0.493 e. The van der Waals surface area contributed by atoms with E-state index in [4.69, 9.17) is 18.9 Å². The summed E-state index contributed by atoms with van der Waals surface area (Å²) < 4.78 is 21.5. The molecule has 0 N–H and O–H groups in total. The average Bonchev–Trinajstić information content (AvgIpc) is 2.86. The van der Waals surface area contributed by atoms with Crippen molar-refractivity contribution in [2.45, 2.75) is 57.9 Å². The Hall–Kier alpha value is -3.24. The first-order valence-corrected chi connectivity index (χ1v) is 12.0. The van der Waals surface area contributed by atoms with Crippen molar-refractivity contribution >= 4 is 5.97 Å². The quantitative estimate of drug-likeness (QED) is 0.269. The van der Waals surface area contributed by atoms with Gasteiger partial charge in [0.15, 0.2) is 23.0 Å². The summed E-state index contributed by atoms with van der Waals surface area (Å²) in [5.74, 6) is 1.83. The maximum atomic E-state index is 11.5. The molecule has 2 aromatic rings. The van der Waals surface area contributed by atoms with Crippen LogP contribution >= 0.6 is 0 Å². The fraction of sp³-hybridized carbons (Fsp3) is 0.500. The van der Waals surface area contributed by atoms with Gasteiger partial charge >= 0.3 is 5.97 Å². The fourth-order valence-electron chi connectivity index (χ4n) is 4.42. The lowest BCUT2D eigenvalue weighted by molar-refractivity contribution is -0.132. The van der Waals surface area contributed by atoms with Gasteiger partial charge < -0.3 is 18.9 Å². The van der Waals surface area contributed by atoms with Crippen LogP contribution in [0.1, 0.15) is 63.6 Å². The zero-order chi connectivity index (χ0) is 26.0. The van der Waals surface area contributed by atoms with Gasteiger partial charge in [0.2, 0.25) is 0 Å². The van der Waals surface area contributed by atoms with Gasteiger partial charge in [0.25, 0.3) is 0 Å². The van der Waals surface area contributed by atoms with Crippen LogP contribution in [0.15, 0.2) is 36.4 Å². The second-order valence-corrected chi connectivity index (χ2v) is 8.78. The van der Waals surface area contributed by atoms with Gasteiger partial charge in [-0.1, -0.05) is 25.5 Å². The van der Waals surface area contributed by atoms with Crippen LogP contribution in [-0.2, 0) is 10.2 Å². The Morgan fingerprint density at radius 1 is 1.00 bits per heavy atom. The number of nitriles is 1. The summed E-state index contributed by atoms with van der Waals surface area (Å²) in [7, 11) is 6.83. The van der Waals surface area contributed by atoms with E-state index in [0.29, 0.717) is 23.0 Å². The Morgan fingerprint density at radius 3 is 2.20 bits per heavy atom. The van der Waals surface area contributed by atoms with Crippen molar-refractivity contribution in [3.8, 4) is 29.1 Å². The van der Waals surface area contributed by atoms with Crippen LogP contribution in [-0.4, -0.2) is 45.8 Å². The molecule has 190 valence electrons. The minimum absolute atomic E-state index is 0.0824. The summed E-state index contributed by atoms with van der Waals surface area (Å²) in [6, 6.07) is 14.1. The number of carbonyl (C=O) groups excluding carboxylic acids is 1. The normalized spacial score (nSPS) is 13.5. The minimum atomic E-state index is -0.596. The molecule has 0 aliphatic heterocycles. The van der Waals surface area contributed by atoms with E-state index >= 15 is 0 Å². The van der Waals surface area contributed by atoms with Crippen molar-refractivity contribution in [3.05, 3.63) is 47.5 Å². The highest BCUT2D eigenvalue weighted by molar-refractivity contribution is 5.70. The van der Waals surface area contributed by atoms with Crippen LogP contribution in [0.3, 0.4) is 0 Å². The monoisotopic (exact) mass is 482 g/mol. The SMILES string of the molecule is CCCC(C#N)(CCCN(C)C(C)c1ccc(OC)c(OC(C)=O)c1)c1ccc(OC)c(OC)c1. The first-order chi connectivity index (χ1) is 16.7. The molecule has 0 aliphatic rings. The van der Waals surface area contributed by atoms with Crippen LogP contribution < -0.4 is 18.9 Å². The van der Waals surface area contributed by atoms with Crippen molar-refractivity contribution in [2.24, 2.45) is 0 Å². The molecular weight excluding hydrogens is 444 g/mol. The smallest absolute Gasteiger partial charge is 0.308 e. The molecule has 0 saturated carbocycles. The molecule has 2 rings (SSSR count). The van der Waals surface area contributed by atoms with E-state index < -0.39 is 5.41 Å². The van der Waals surface area contributed by atoms with E-state index in [-0.39, 0.29) is 12.0 Å². The molecule has 0 aromatic heterocycles. The molecule has 35 heavy (non-hydrogen) atoms. The lowest BCUT2D eigenvalue weighted by Gasteiger charge is -2.30. The summed E-state index contributed by atoms with van der Waals surface area (Å²) in [5.41, 5.74) is 1.38. The van der Waals surface area contributed by atoms with Gasteiger partial charge in [-0.3, -0.25) is 9.69 Å². The fourth-order valence-corrected chi connectivity index (χ4v) is 4.42. The van der Waals surface area contributed by atoms with E-state index in [1.807, 2.05) is 36.4 Å². The Labute approximate surface area is 209 Å². The third-order valence-corrected chi connectivity index (χ3v) is 6.53. The second-order valence-electron chi connectivity index (χ2n) is 8.78. The first kappa shape index (κ1) is 28.0. The van der Waals surface area contributed by atoms with E-state index in [1.165, 1.54) is 6.92 Å². The summed E-state index contributed by atoms with van der Waals surface area (Å²) in [4.78, 5) is 13.7. The average molecular weight is 483 g/mol. The summed E-state index contributed by atoms with van der Waals surface area (Å²) in [6.07, 6.45) is 3.24. The molecule has 2 unspecified atom stereocenters. The number of esters is 1. The van der Waals surface area contributed by atoms with E-state index in [0.717, 1.165) is 43.4 Å². The molecule has 2 atom stereocenters. The molecule has 7 nitrogen and oxygen atoms in total. The topological polar surface area (TPSA) is 81.0 Å². The summed E-state index contributed by atoms with van der Waals surface area (Å²) in [6.45, 7) is 6.39. The number of nitrogens with zero attached hydrogens (tertiary/aromatic N) is 2. The van der Waals surface area contributed by atoms with Crippen LogP contribution in [0.2, 0.25) is 0 Å². The predicted molar refractivity (Wildman–Crippen MR) is 136 cm³/mol. The zero-order valence-corrected chi connectivity index (χ0v) is 22.0. The number of carbonyl (C=O) groups is 1. The Morgan fingerprint density at radius 2 is 1.63 bits per heavy atom. The lowest BCUT2D eigenvalue weighted by atomic mass is 9.74. The summed E-state index contributed by atoms with van der Waals surface area (Å²) in [5, 5.41) is 10.3. The molecular formula is C28H38N2O5. The van der Waals surface area contributed by atoms with E-state index in [2.05, 4.69) is 31.9 Å². The highest BCUT2D eigenvalue weighted by atomic mass is 16.6. The molecule has 0 aliphatic carbocycles. The third kappa shape index (κ3) is 6.89. The van der Waals surface area contributed by atoms with E-state index in [9.17, 15) is 10.1 Å². The number of benzene rings is 2. The number of hydrogen-bond acceptors (Lipinski definition) is 7. The maximum absolute atomic E-state index is 11.5. The molecule has 0 radical (unpaired) electrons. The van der Waals surface area contributed by atoms with Gasteiger partial charge in [-0.2, -0.15) is 5.26 Å². The van der Waals surface area contributed by atoms with Gasteiger partial charge in [-0.25, -0.2) is 0 Å². The first-order valence-electron chi connectivity index (χ1n) is 12.0. The summed E-state index contributed by atoms with van der Waals surface area (Å²) >= 11 is 0. The van der Waals surface area contributed by atoms with Crippen molar-refractivity contribution < 1.29 is 23.7 Å². The van der Waals surface area contributed by atoms with Crippen molar-refractivity contribution in [1.82, 2.24) is 4.90 Å². The van der Waals surface area contributed by atoms with E-state index in [1.54, 1.807) is 21.3 Å². The van der Waals surface area contributed by atoms with Gasteiger partial charge in [0.1, 0.15) is 0 Å². The highest BCUT2D eigenvalue weighted by Gasteiger charge is 2.32.